The fourth-order valence-electron chi connectivity index (χ4n) is 4.21. The van der Waals surface area contributed by atoms with Crippen LogP contribution in [0.15, 0.2) is 30.3 Å². The number of hydrogen-bond acceptors (Lipinski definition) is 4. The molecular formula is C23H29N3O2S. The first-order valence-electron chi connectivity index (χ1n) is 10.7. The molecule has 2 amide bonds. The Morgan fingerprint density at radius 1 is 0.966 bits per heavy atom. The molecule has 1 aromatic carbocycles. The molecule has 1 saturated heterocycles. The Labute approximate surface area is 176 Å². The number of amides is 2. The molecule has 1 fully saturated rings. The van der Waals surface area contributed by atoms with Gasteiger partial charge in [-0.1, -0.05) is 18.2 Å². The van der Waals surface area contributed by atoms with Crippen LogP contribution in [0.1, 0.15) is 57.8 Å². The summed E-state index contributed by atoms with van der Waals surface area (Å²) in [5.74, 6) is -0.304. The third-order valence-electron chi connectivity index (χ3n) is 5.79. The molecule has 154 valence electrons. The number of carbonyl (C=O) groups excluding carboxylic acids is 2. The predicted octanol–water partition coefficient (Wildman–Crippen LogP) is 3.66. The molecule has 1 aliphatic heterocycles. The monoisotopic (exact) mass is 411 g/mol. The van der Waals surface area contributed by atoms with Crippen LogP contribution in [0.4, 0.5) is 5.69 Å². The van der Waals surface area contributed by atoms with E-state index in [1.54, 1.807) is 11.3 Å². The van der Waals surface area contributed by atoms with Crippen LogP contribution >= 0.6 is 11.3 Å². The van der Waals surface area contributed by atoms with Crippen LogP contribution in [-0.2, 0) is 24.2 Å². The summed E-state index contributed by atoms with van der Waals surface area (Å²) in [4.78, 5) is 29.2. The maximum atomic E-state index is 12.4. The van der Waals surface area contributed by atoms with Crippen LogP contribution in [0, 0.1) is 0 Å². The Hall–Kier alpha value is -2.34. The van der Waals surface area contributed by atoms with E-state index in [1.165, 1.54) is 48.2 Å². The Morgan fingerprint density at radius 2 is 1.76 bits per heavy atom. The van der Waals surface area contributed by atoms with Crippen molar-refractivity contribution in [2.75, 3.05) is 24.5 Å². The molecule has 4 rings (SSSR count). The third-order valence-corrected chi connectivity index (χ3v) is 7.03. The van der Waals surface area contributed by atoms with Crippen LogP contribution in [0.2, 0.25) is 0 Å². The second kappa shape index (κ2) is 9.44. The maximum absolute atomic E-state index is 12.4. The van der Waals surface area contributed by atoms with Gasteiger partial charge < -0.3 is 15.5 Å². The standard InChI is InChI=1S/C23H29N3O2S/c27-22(16-25-23(28)21-14-17-8-3-5-11-20(17)29-21)24-15-18-9-2-4-10-19(18)26-12-6-1-7-13-26/h2,4,9-10,14H,1,3,5-8,11-13,15-16H2,(H,24,27)(H,25,28). The van der Waals surface area contributed by atoms with E-state index in [0.717, 1.165) is 36.4 Å². The Kier molecular flexibility index (Phi) is 6.49. The second-order valence-corrected chi connectivity index (χ2v) is 9.04. The molecule has 1 aromatic heterocycles. The van der Waals surface area contributed by atoms with Crippen LogP contribution in [0.25, 0.3) is 0 Å². The summed E-state index contributed by atoms with van der Waals surface area (Å²) in [7, 11) is 0. The number of thiophene rings is 1. The number of benzene rings is 1. The minimum atomic E-state index is -0.159. The lowest BCUT2D eigenvalue weighted by Crippen LogP contribution is -2.37. The number of rotatable bonds is 6. The van der Waals surface area contributed by atoms with E-state index in [1.807, 2.05) is 12.1 Å². The van der Waals surface area contributed by atoms with E-state index in [2.05, 4.69) is 33.7 Å². The molecule has 2 N–H and O–H groups in total. The van der Waals surface area contributed by atoms with Gasteiger partial charge >= 0.3 is 0 Å². The van der Waals surface area contributed by atoms with Gasteiger partial charge in [0.1, 0.15) is 0 Å². The Morgan fingerprint density at radius 3 is 2.59 bits per heavy atom. The number of para-hydroxylation sites is 1. The minimum Gasteiger partial charge on any atom is -0.371 e. The van der Waals surface area contributed by atoms with Crippen LogP contribution in [0.3, 0.4) is 0 Å². The van der Waals surface area contributed by atoms with Crippen LogP contribution in [-0.4, -0.2) is 31.4 Å². The molecule has 0 radical (unpaired) electrons. The maximum Gasteiger partial charge on any atom is 0.261 e. The van der Waals surface area contributed by atoms with Gasteiger partial charge in [0.05, 0.1) is 11.4 Å². The fourth-order valence-corrected chi connectivity index (χ4v) is 5.38. The van der Waals surface area contributed by atoms with Gasteiger partial charge in [-0.25, -0.2) is 0 Å². The van der Waals surface area contributed by atoms with Crippen molar-refractivity contribution < 1.29 is 9.59 Å². The molecule has 1 aliphatic carbocycles. The lowest BCUT2D eigenvalue weighted by Gasteiger charge is -2.30. The van der Waals surface area contributed by atoms with Gasteiger partial charge in [0.2, 0.25) is 5.91 Å². The first-order valence-corrected chi connectivity index (χ1v) is 11.5. The molecule has 0 saturated carbocycles. The number of anilines is 1. The van der Waals surface area contributed by atoms with E-state index >= 15 is 0 Å². The topological polar surface area (TPSA) is 61.4 Å². The molecule has 0 atom stereocenters. The number of piperidine rings is 1. The number of nitrogens with zero attached hydrogens (tertiary/aromatic N) is 1. The summed E-state index contributed by atoms with van der Waals surface area (Å²) in [5, 5.41) is 5.73. The van der Waals surface area contributed by atoms with Crippen molar-refractivity contribution in [2.24, 2.45) is 0 Å². The largest absolute Gasteiger partial charge is 0.371 e. The zero-order chi connectivity index (χ0) is 20.1. The molecule has 2 heterocycles. The zero-order valence-corrected chi connectivity index (χ0v) is 17.7. The smallest absolute Gasteiger partial charge is 0.261 e. The number of aryl methyl sites for hydroxylation is 2. The second-order valence-electron chi connectivity index (χ2n) is 7.90. The van der Waals surface area contributed by atoms with Gasteiger partial charge in [-0.05, 0) is 68.2 Å². The van der Waals surface area contributed by atoms with Crippen molar-refractivity contribution in [3.8, 4) is 0 Å². The van der Waals surface area contributed by atoms with Gasteiger partial charge in [-0.15, -0.1) is 11.3 Å². The molecule has 5 nitrogen and oxygen atoms in total. The highest BCUT2D eigenvalue weighted by Gasteiger charge is 2.18. The number of carbonyl (C=O) groups is 2. The first-order chi connectivity index (χ1) is 14.2. The minimum absolute atomic E-state index is 0.00722. The van der Waals surface area contributed by atoms with Crippen molar-refractivity contribution in [3.63, 3.8) is 0 Å². The molecular weight excluding hydrogens is 382 g/mol. The van der Waals surface area contributed by atoms with Crippen molar-refractivity contribution in [2.45, 2.75) is 51.5 Å². The molecule has 0 unspecified atom stereocenters. The number of hydrogen-bond donors (Lipinski definition) is 2. The lowest BCUT2D eigenvalue weighted by atomic mass is 9.99. The molecule has 29 heavy (non-hydrogen) atoms. The van der Waals surface area contributed by atoms with Crippen molar-refractivity contribution in [3.05, 3.63) is 51.2 Å². The average molecular weight is 412 g/mol. The SMILES string of the molecule is O=C(CNC(=O)c1cc2c(s1)CCCC2)NCc1ccccc1N1CCCCC1. The summed E-state index contributed by atoms with van der Waals surface area (Å²) in [6.07, 6.45) is 8.28. The summed E-state index contributed by atoms with van der Waals surface area (Å²) in [6.45, 7) is 2.64. The normalized spacial score (nSPS) is 16.2. The van der Waals surface area contributed by atoms with Crippen LogP contribution < -0.4 is 15.5 Å². The van der Waals surface area contributed by atoms with Crippen molar-refractivity contribution in [1.29, 1.82) is 0 Å². The summed E-state index contributed by atoms with van der Waals surface area (Å²) >= 11 is 1.57. The first kappa shape index (κ1) is 20.0. The fraction of sp³-hybridized carbons (Fsp3) is 0.478. The van der Waals surface area contributed by atoms with E-state index in [0.29, 0.717) is 6.54 Å². The number of fused-ring (bicyclic) bond motifs is 1. The Bertz CT molecular complexity index is 847. The van der Waals surface area contributed by atoms with Crippen molar-refractivity contribution in [1.82, 2.24) is 10.6 Å². The van der Waals surface area contributed by atoms with E-state index in [-0.39, 0.29) is 18.4 Å². The number of nitrogens with one attached hydrogen (secondary N) is 2. The highest BCUT2D eigenvalue weighted by molar-refractivity contribution is 7.14. The third kappa shape index (κ3) is 4.99. The molecule has 2 aromatic rings. The van der Waals surface area contributed by atoms with Gasteiger partial charge in [-0.3, -0.25) is 9.59 Å². The van der Waals surface area contributed by atoms with E-state index < -0.39 is 0 Å². The molecule has 2 aliphatic rings. The summed E-state index contributed by atoms with van der Waals surface area (Å²) in [6, 6.07) is 10.3. The highest BCUT2D eigenvalue weighted by Crippen LogP contribution is 2.29. The molecule has 0 bridgehead atoms. The average Bonchev–Trinajstić information content (AvgIpc) is 3.21. The van der Waals surface area contributed by atoms with Gasteiger partial charge in [0.15, 0.2) is 0 Å². The predicted molar refractivity (Wildman–Crippen MR) is 118 cm³/mol. The summed E-state index contributed by atoms with van der Waals surface area (Å²) < 4.78 is 0. The lowest BCUT2D eigenvalue weighted by molar-refractivity contribution is -0.120. The van der Waals surface area contributed by atoms with Crippen molar-refractivity contribution >= 4 is 28.8 Å². The van der Waals surface area contributed by atoms with Gasteiger partial charge in [-0.2, -0.15) is 0 Å². The Balaban J connectivity index is 1.28. The summed E-state index contributed by atoms with van der Waals surface area (Å²) in [5.41, 5.74) is 3.64. The molecule has 0 spiro atoms. The molecule has 6 heteroatoms. The zero-order valence-electron chi connectivity index (χ0n) is 16.8. The highest BCUT2D eigenvalue weighted by atomic mass is 32.1. The quantitative estimate of drug-likeness (QED) is 0.763. The van der Waals surface area contributed by atoms with Gasteiger partial charge in [0.25, 0.3) is 5.91 Å². The van der Waals surface area contributed by atoms with Gasteiger partial charge in [0, 0.05) is 30.2 Å². The van der Waals surface area contributed by atoms with E-state index in [4.69, 9.17) is 0 Å². The van der Waals surface area contributed by atoms with Crippen LogP contribution in [0.5, 0.6) is 0 Å². The van der Waals surface area contributed by atoms with E-state index in [9.17, 15) is 9.59 Å².